The van der Waals surface area contributed by atoms with Gasteiger partial charge in [-0.15, -0.1) is 0 Å². The van der Waals surface area contributed by atoms with Gasteiger partial charge in [0.2, 0.25) is 5.88 Å². The first-order valence-electron chi connectivity index (χ1n) is 3.85. The van der Waals surface area contributed by atoms with Crippen molar-refractivity contribution in [1.29, 1.82) is 0 Å². The van der Waals surface area contributed by atoms with Gasteiger partial charge in [-0.2, -0.15) is 13.2 Å². The first kappa shape index (κ1) is 11.3. The molecule has 1 amide bonds. The number of alkyl halides is 3. The molecule has 0 atom stereocenters. The third-order valence-electron chi connectivity index (χ3n) is 1.36. The van der Waals surface area contributed by atoms with Gasteiger partial charge in [-0.05, 0) is 6.07 Å². The summed E-state index contributed by atoms with van der Waals surface area (Å²) in [5.41, 5.74) is 4.74. The van der Waals surface area contributed by atoms with E-state index in [9.17, 15) is 18.0 Å². The lowest BCUT2D eigenvalue weighted by Crippen LogP contribution is -2.20. The van der Waals surface area contributed by atoms with Gasteiger partial charge in [-0.1, -0.05) is 6.07 Å². The van der Waals surface area contributed by atoms with Gasteiger partial charge in [0, 0.05) is 6.07 Å². The van der Waals surface area contributed by atoms with Gasteiger partial charge in [-0.25, -0.2) is 4.98 Å². The van der Waals surface area contributed by atoms with Crippen LogP contribution in [0.4, 0.5) is 13.2 Å². The number of hydrogen-bond donors (Lipinski definition) is 1. The summed E-state index contributed by atoms with van der Waals surface area (Å²) in [7, 11) is 0. The Balaban J connectivity index is 2.70. The summed E-state index contributed by atoms with van der Waals surface area (Å²) in [4.78, 5) is 14.1. The van der Waals surface area contributed by atoms with Crippen molar-refractivity contribution in [1.82, 2.24) is 4.98 Å². The predicted octanol–water partition coefficient (Wildman–Crippen LogP) is 1.12. The molecule has 0 aliphatic heterocycles. The summed E-state index contributed by atoms with van der Waals surface area (Å²) < 4.78 is 39.6. The standard InChI is InChI=1S/C8H7F3N2O2/c9-8(10,11)4-15-6-3-1-2-5(13-6)7(12)14/h1-3H,4H2,(H2,12,14). The molecule has 0 aliphatic rings. The van der Waals surface area contributed by atoms with Crippen LogP contribution in [0.2, 0.25) is 0 Å². The van der Waals surface area contributed by atoms with Crippen LogP contribution in [-0.2, 0) is 0 Å². The van der Waals surface area contributed by atoms with Crippen molar-refractivity contribution in [3.05, 3.63) is 23.9 Å². The number of aromatic nitrogens is 1. The molecule has 82 valence electrons. The van der Waals surface area contributed by atoms with Gasteiger partial charge in [0.15, 0.2) is 6.61 Å². The Labute approximate surface area is 82.9 Å². The van der Waals surface area contributed by atoms with Crippen molar-refractivity contribution >= 4 is 5.91 Å². The SMILES string of the molecule is NC(=O)c1cccc(OCC(F)(F)F)n1. The molecule has 1 aromatic rings. The molecule has 0 fully saturated rings. The highest BCUT2D eigenvalue weighted by Crippen LogP contribution is 2.16. The third kappa shape index (κ3) is 3.84. The van der Waals surface area contributed by atoms with E-state index in [-0.39, 0.29) is 11.6 Å². The van der Waals surface area contributed by atoms with Gasteiger partial charge in [0.1, 0.15) is 5.69 Å². The van der Waals surface area contributed by atoms with Crippen molar-refractivity contribution in [2.24, 2.45) is 5.73 Å². The fourth-order valence-electron chi connectivity index (χ4n) is 0.788. The molecule has 1 rings (SSSR count). The quantitative estimate of drug-likeness (QED) is 0.830. The second-order valence-electron chi connectivity index (χ2n) is 2.63. The maximum atomic E-state index is 11.8. The zero-order chi connectivity index (χ0) is 11.5. The Morgan fingerprint density at radius 1 is 1.47 bits per heavy atom. The van der Waals surface area contributed by atoms with Crippen molar-refractivity contribution in [3.8, 4) is 5.88 Å². The van der Waals surface area contributed by atoms with Gasteiger partial charge in [-0.3, -0.25) is 4.79 Å². The first-order valence-corrected chi connectivity index (χ1v) is 3.85. The van der Waals surface area contributed by atoms with Crippen molar-refractivity contribution < 1.29 is 22.7 Å². The van der Waals surface area contributed by atoms with E-state index < -0.39 is 18.7 Å². The Morgan fingerprint density at radius 3 is 2.67 bits per heavy atom. The van der Waals surface area contributed by atoms with Crippen molar-refractivity contribution in [2.75, 3.05) is 6.61 Å². The number of primary amides is 1. The number of rotatable bonds is 3. The van der Waals surface area contributed by atoms with Gasteiger partial charge in [0.25, 0.3) is 5.91 Å². The molecular formula is C8H7F3N2O2. The van der Waals surface area contributed by atoms with Crippen LogP contribution in [0, 0.1) is 0 Å². The van der Waals surface area contributed by atoms with E-state index >= 15 is 0 Å². The number of amides is 1. The molecule has 2 N–H and O–H groups in total. The highest BCUT2D eigenvalue weighted by atomic mass is 19.4. The monoisotopic (exact) mass is 220 g/mol. The summed E-state index contributed by atoms with van der Waals surface area (Å²) in [5, 5.41) is 0. The fourth-order valence-corrected chi connectivity index (χ4v) is 0.788. The van der Waals surface area contributed by atoms with E-state index in [1.165, 1.54) is 18.2 Å². The van der Waals surface area contributed by atoms with Crippen LogP contribution < -0.4 is 10.5 Å². The molecule has 0 saturated carbocycles. The van der Waals surface area contributed by atoms with E-state index in [0.29, 0.717) is 0 Å². The summed E-state index contributed by atoms with van der Waals surface area (Å²) >= 11 is 0. The van der Waals surface area contributed by atoms with Crippen LogP contribution in [0.25, 0.3) is 0 Å². The number of nitrogens with zero attached hydrogens (tertiary/aromatic N) is 1. The minimum Gasteiger partial charge on any atom is -0.468 e. The Bertz CT molecular complexity index is 365. The van der Waals surface area contributed by atoms with Crippen LogP contribution >= 0.6 is 0 Å². The van der Waals surface area contributed by atoms with Gasteiger partial charge >= 0.3 is 6.18 Å². The van der Waals surface area contributed by atoms with Crippen molar-refractivity contribution in [3.63, 3.8) is 0 Å². The molecule has 7 heteroatoms. The predicted molar refractivity (Wildman–Crippen MR) is 44.3 cm³/mol. The molecule has 15 heavy (non-hydrogen) atoms. The van der Waals surface area contributed by atoms with Crippen LogP contribution in [0.1, 0.15) is 10.5 Å². The largest absolute Gasteiger partial charge is 0.468 e. The molecule has 0 unspecified atom stereocenters. The number of halogens is 3. The molecule has 1 aromatic heterocycles. The number of nitrogens with two attached hydrogens (primary N) is 1. The molecule has 0 saturated heterocycles. The number of ether oxygens (including phenoxy) is 1. The zero-order valence-electron chi connectivity index (χ0n) is 7.41. The lowest BCUT2D eigenvalue weighted by molar-refractivity contribution is -0.154. The smallest absolute Gasteiger partial charge is 0.422 e. The minimum atomic E-state index is -4.44. The van der Waals surface area contributed by atoms with Crippen molar-refractivity contribution in [2.45, 2.75) is 6.18 Å². The number of carbonyl (C=O) groups excluding carboxylic acids is 1. The van der Waals surface area contributed by atoms with E-state index in [2.05, 4.69) is 9.72 Å². The number of hydrogen-bond acceptors (Lipinski definition) is 3. The highest BCUT2D eigenvalue weighted by molar-refractivity contribution is 5.90. The average Bonchev–Trinajstić information content (AvgIpc) is 2.14. The van der Waals surface area contributed by atoms with E-state index in [0.717, 1.165) is 0 Å². The fraction of sp³-hybridized carbons (Fsp3) is 0.250. The average molecular weight is 220 g/mol. The summed E-state index contributed by atoms with van der Waals surface area (Å²) in [5.74, 6) is -1.11. The molecule has 0 aliphatic carbocycles. The van der Waals surface area contributed by atoms with E-state index in [1.54, 1.807) is 0 Å². The molecule has 0 spiro atoms. The van der Waals surface area contributed by atoms with Gasteiger partial charge in [0.05, 0.1) is 0 Å². The van der Waals surface area contributed by atoms with Crippen LogP contribution in [0.3, 0.4) is 0 Å². The lowest BCUT2D eigenvalue weighted by atomic mass is 10.3. The second kappa shape index (κ2) is 4.16. The molecule has 0 radical (unpaired) electrons. The first-order chi connectivity index (χ1) is 6.88. The van der Waals surface area contributed by atoms with E-state index in [1.807, 2.05) is 0 Å². The highest BCUT2D eigenvalue weighted by Gasteiger charge is 2.28. The normalized spacial score (nSPS) is 11.1. The van der Waals surface area contributed by atoms with Crippen LogP contribution in [-0.4, -0.2) is 23.7 Å². The molecular weight excluding hydrogens is 213 g/mol. The van der Waals surface area contributed by atoms with Crippen LogP contribution in [0.5, 0.6) is 5.88 Å². The Morgan fingerprint density at radius 2 is 2.13 bits per heavy atom. The Kier molecular flexibility index (Phi) is 3.13. The minimum absolute atomic E-state index is 0.144. The van der Waals surface area contributed by atoms with Crippen LogP contribution in [0.15, 0.2) is 18.2 Å². The second-order valence-corrected chi connectivity index (χ2v) is 2.63. The molecule has 1 heterocycles. The number of carbonyl (C=O) groups is 1. The third-order valence-corrected chi connectivity index (χ3v) is 1.36. The summed E-state index contributed by atoms with van der Waals surface area (Å²) in [6, 6.07) is 3.82. The van der Waals surface area contributed by atoms with E-state index in [4.69, 9.17) is 5.73 Å². The molecule has 0 aromatic carbocycles. The summed E-state index contributed by atoms with van der Waals surface area (Å²) in [6.45, 7) is -1.46. The number of pyridine rings is 1. The molecule has 0 bridgehead atoms. The summed E-state index contributed by atoms with van der Waals surface area (Å²) in [6.07, 6.45) is -4.44. The maximum absolute atomic E-state index is 11.8. The Hall–Kier alpha value is -1.79. The topological polar surface area (TPSA) is 65.2 Å². The maximum Gasteiger partial charge on any atom is 0.422 e. The molecule has 4 nitrogen and oxygen atoms in total. The lowest BCUT2D eigenvalue weighted by Gasteiger charge is -2.08. The van der Waals surface area contributed by atoms with Gasteiger partial charge < -0.3 is 10.5 Å². The zero-order valence-corrected chi connectivity index (χ0v) is 7.41.